The molecule has 1 aromatic heterocycles. The molecule has 4 rings (SSSR count). The number of benzene rings is 3. The largest absolute Gasteiger partial charge is 0.497 e. The number of halogens is 3. The third-order valence-electron chi connectivity index (χ3n) is 4.59. The van der Waals surface area contributed by atoms with Gasteiger partial charge in [0.1, 0.15) is 11.6 Å². The van der Waals surface area contributed by atoms with Crippen LogP contribution >= 0.6 is 23.2 Å². The molecule has 4 nitrogen and oxygen atoms in total. The summed E-state index contributed by atoms with van der Waals surface area (Å²) in [5.41, 5.74) is 1.30. The predicted octanol–water partition coefficient (Wildman–Crippen LogP) is 6.19. The number of rotatable bonds is 4. The molecule has 0 unspecified atom stereocenters. The Morgan fingerprint density at radius 3 is 2.40 bits per heavy atom. The summed E-state index contributed by atoms with van der Waals surface area (Å²) in [6, 6.07) is 15.1. The fourth-order valence-electron chi connectivity index (χ4n) is 3.24. The minimum Gasteiger partial charge on any atom is -0.497 e. The number of sulfone groups is 1. The van der Waals surface area contributed by atoms with E-state index < -0.39 is 15.7 Å². The van der Waals surface area contributed by atoms with Crippen LogP contribution in [0.4, 0.5) is 4.39 Å². The Morgan fingerprint density at radius 1 is 0.967 bits per heavy atom. The lowest BCUT2D eigenvalue weighted by atomic mass is 10.0. The monoisotopic (exact) mass is 461 g/mol. The third-order valence-corrected chi connectivity index (χ3v) is 6.77. The van der Waals surface area contributed by atoms with E-state index in [0.29, 0.717) is 27.8 Å². The van der Waals surface area contributed by atoms with Gasteiger partial charge in [0.25, 0.3) is 0 Å². The smallest absolute Gasteiger partial charge is 0.208 e. The molecular formula is C22H14Cl2FNO3S. The zero-order chi connectivity index (χ0) is 21.5. The standard InChI is InChI=1S/C22H14Cl2FNO3S/c1-29-17-4-2-3-13(7-17)22-19-6-5-16(25)11-20(19)26-12-21(22)30(27,28)18-9-14(23)8-15(24)10-18/h2-12H,1H3. The number of hydrogen-bond donors (Lipinski definition) is 0. The zero-order valence-electron chi connectivity index (χ0n) is 15.6. The first-order valence-corrected chi connectivity index (χ1v) is 11.0. The van der Waals surface area contributed by atoms with Crippen LogP contribution in [0.1, 0.15) is 0 Å². The lowest BCUT2D eigenvalue weighted by molar-refractivity contribution is 0.415. The number of fused-ring (bicyclic) bond motifs is 1. The highest BCUT2D eigenvalue weighted by atomic mass is 35.5. The van der Waals surface area contributed by atoms with Gasteiger partial charge in [0.05, 0.1) is 22.4 Å². The van der Waals surface area contributed by atoms with Gasteiger partial charge < -0.3 is 4.74 Å². The molecule has 0 saturated carbocycles. The molecule has 152 valence electrons. The van der Waals surface area contributed by atoms with Crippen LogP contribution in [0.25, 0.3) is 22.0 Å². The van der Waals surface area contributed by atoms with E-state index in [0.717, 1.165) is 0 Å². The summed E-state index contributed by atoms with van der Waals surface area (Å²) in [7, 11) is -2.53. The summed E-state index contributed by atoms with van der Waals surface area (Å²) in [6.45, 7) is 0. The van der Waals surface area contributed by atoms with Gasteiger partial charge in [-0.3, -0.25) is 4.98 Å². The quantitative estimate of drug-likeness (QED) is 0.363. The van der Waals surface area contributed by atoms with Crippen molar-refractivity contribution in [3.8, 4) is 16.9 Å². The molecule has 3 aromatic carbocycles. The van der Waals surface area contributed by atoms with E-state index in [2.05, 4.69) is 4.98 Å². The highest BCUT2D eigenvalue weighted by Gasteiger charge is 2.26. The zero-order valence-corrected chi connectivity index (χ0v) is 17.9. The van der Waals surface area contributed by atoms with Gasteiger partial charge >= 0.3 is 0 Å². The Hall–Kier alpha value is -2.67. The van der Waals surface area contributed by atoms with E-state index in [1.165, 1.54) is 49.7 Å². The second kappa shape index (κ2) is 7.87. The molecule has 8 heteroatoms. The van der Waals surface area contributed by atoms with Gasteiger partial charge in [0, 0.05) is 33.3 Å². The molecule has 0 spiro atoms. The van der Waals surface area contributed by atoms with Gasteiger partial charge in [0.15, 0.2) is 0 Å². The maximum atomic E-state index is 13.8. The maximum Gasteiger partial charge on any atom is 0.208 e. The molecule has 1 heterocycles. The average Bonchev–Trinajstić information content (AvgIpc) is 2.72. The van der Waals surface area contributed by atoms with E-state index in [9.17, 15) is 12.8 Å². The Balaban J connectivity index is 2.08. The van der Waals surface area contributed by atoms with Crippen LogP contribution in [-0.4, -0.2) is 20.5 Å². The van der Waals surface area contributed by atoms with Crippen LogP contribution in [0.15, 0.2) is 76.7 Å². The normalized spacial score (nSPS) is 11.6. The Kier molecular flexibility index (Phi) is 5.40. The highest BCUT2D eigenvalue weighted by molar-refractivity contribution is 7.91. The lowest BCUT2D eigenvalue weighted by Crippen LogP contribution is -2.06. The van der Waals surface area contributed by atoms with E-state index in [4.69, 9.17) is 27.9 Å². The van der Waals surface area contributed by atoms with Crippen LogP contribution in [0, 0.1) is 5.82 Å². The van der Waals surface area contributed by atoms with Gasteiger partial charge in [-0.2, -0.15) is 0 Å². The van der Waals surface area contributed by atoms with E-state index in [-0.39, 0.29) is 19.8 Å². The molecule has 4 aromatic rings. The SMILES string of the molecule is COc1cccc(-c2c(S(=O)(=O)c3cc(Cl)cc(Cl)c3)cnc3cc(F)ccc23)c1. The molecule has 0 radical (unpaired) electrons. The first-order chi connectivity index (χ1) is 14.3. The van der Waals surface area contributed by atoms with Crippen molar-refractivity contribution in [3.05, 3.63) is 82.7 Å². The molecule has 0 aliphatic rings. The molecule has 0 aliphatic heterocycles. The number of aromatic nitrogens is 1. The van der Waals surface area contributed by atoms with Crippen LogP contribution < -0.4 is 4.74 Å². The number of nitrogens with zero attached hydrogens (tertiary/aromatic N) is 1. The summed E-state index contributed by atoms with van der Waals surface area (Å²) in [6.07, 6.45) is 1.22. The molecule has 0 saturated heterocycles. The summed E-state index contributed by atoms with van der Waals surface area (Å²) in [4.78, 5) is 4.08. The Bertz CT molecular complexity index is 1370. The van der Waals surface area contributed by atoms with Crippen LogP contribution in [-0.2, 0) is 9.84 Å². The van der Waals surface area contributed by atoms with Crippen molar-refractivity contribution in [2.75, 3.05) is 7.11 Å². The third kappa shape index (κ3) is 3.74. The molecule has 0 N–H and O–H groups in total. The van der Waals surface area contributed by atoms with Gasteiger partial charge in [-0.15, -0.1) is 0 Å². The lowest BCUT2D eigenvalue weighted by Gasteiger charge is -2.15. The fraction of sp³-hybridized carbons (Fsp3) is 0.0455. The van der Waals surface area contributed by atoms with Crippen LogP contribution in [0.3, 0.4) is 0 Å². The van der Waals surface area contributed by atoms with Crippen molar-refractivity contribution in [3.63, 3.8) is 0 Å². The van der Waals surface area contributed by atoms with Crippen molar-refractivity contribution in [1.82, 2.24) is 4.98 Å². The van der Waals surface area contributed by atoms with E-state index in [1.807, 2.05) is 0 Å². The van der Waals surface area contributed by atoms with Crippen molar-refractivity contribution < 1.29 is 17.5 Å². The first kappa shape index (κ1) is 20.6. The topological polar surface area (TPSA) is 56.3 Å². The molecule has 0 bridgehead atoms. The minimum absolute atomic E-state index is 0.0480. The Labute approximate surface area is 182 Å². The second-order valence-electron chi connectivity index (χ2n) is 6.50. The van der Waals surface area contributed by atoms with E-state index in [1.54, 1.807) is 24.3 Å². The molecule has 0 fully saturated rings. The predicted molar refractivity (Wildman–Crippen MR) is 116 cm³/mol. The summed E-state index contributed by atoms with van der Waals surface area (Å²) >= 11 is 12.1. The number of pyridine rings is 1. The summed E-state index contributed by atoms with van der Waals surface area (Å²) in [5.74, 6) is 0.0811. The molecule has 30 heavy (non-hydrogen) atoms. The first-order valence-electron chi connectivity index (χ1n) is 8.73. The Morgan fingerprint density at radius 2 is 1.70 bits per heavy atom. The average molecular weight is 462 g/mol. The van der Waals surface area contributed by atoms with Crippen LogP contribution in [0.2, 0.25) is 10.0 Å². The second-order valence-corrected chi connectivity index (χ2v) is 9.29. The van der Waals surface area contributed by atoms with Gasteiger partial charge in [-0.25, -0.2) is 12.8 Å². The minimum atomic E-state index is -4.05. The molecular weight excluding hydrogens is 448 g/mol. The maximum absolute atomic E-state index is 13.8. The molecule has 0 atom stereocenters. The van der Waals surface area contributed by atoms with Gasteiger partial charge in [-0.05, 0) is 48.0 Å². The van der Waals surface area contributed by atoms with Gasteiger partial charge in [-0.1, -0.05) is 35.3 Å². The summed E-state index contributed by atoms with van der Waals surface area (Å²) < 4.78 is 46.1. The van der Waals surface area contributed by atoms with Crippen molar-refractivity contribution in [1.29, 1.82) is 0 Å². The van der Waals surface area contributed by atoms with Crippen molar-refractivity contribution in [2.45, 2.75) is 9.79 Å². The van der Waals surface area contributed by atoms with Gasteiger partial charge in [0.2, 0.25) is 9.84 Å². The van der Waals surface area contributed by atoms with Crippen molar-refractivity contribution in [2.24, 2.45) is 0 Å². The fourth-order valence-corrected chi connectivity index (χ4v) is 5.40. The number of hydrogen-bond acceptors (Lipinski definition) is 4. The van der Waals surface area contributed by atoms with Crippen molar-refractivity contribution >= 4 is 43.9 Å². The highest BCUT2D eigenvalue weighted by Crippen LogP contribution is 2.38. The van der Waals surface area contributed by atoms with E-state index >= 15 is 0 Å². The number of ether oxygens (including phenoxy) is 1. The summed E-state index contributed by atoms with van der Waals surface area (Å²) in [5, 5.41) is 0.874. The molecule has 0 aliphatic carbocycles. The van der Waals surface area contributed by atoms with Crippen LogP contribution in [0.5, 0.6) is 5.75 Å². The number of methoxy groups -OCH3 is 1. The molecule has 0 amide bonds.